The fraction of sp³-hybridized carbons (Fsp3) is 0.500. The summed E-state index contributed by atoms with van der Waals surface area (Å²) in [5.41, 5.74) is 1.48. The van der Waals surface area contributed by atoms with Crippen LogP contribution in [0.1, 0.15) is 48.7 Å². The zero-order valence-corrected chi connectivity index (χ0v) is 16.1. The molecule has 0 radical (unpaired) electrons. The van der Waals surface area contributed by atoms with Crippen molar-refractivity contribution in [3.8, 4) is 0 Å². The summed E-state index contributed by atoms with van der Waals surface area (Å²) in [7, 11) is 0. The lowest BCUT2D eigenvalue weighted by molar-refractivity contribution is -0.125. The summed E-state index contributed by atoms with van der Waals surface area (Å²) in [5.74, 6) is 0.468. The minimum atomic E-state index is -0.586. The Hall–Kier alpha value is -1.95. The van der Waals surface area contributed by atoms with Crippen LogP contribution >= 0.6 is 11.8 Å². The second-order valence-electron chi connectivity index (χ2n) is 6.85. The van der Waals surface area contributed by atoms with Crippen LogP contribution in [0, 0.1) is 5.92 Å². The van der Waals surface area contributed by atoms with Gasteiger partial charge in [-0.15, -0.1) is 0 Å². The number of hydrogen-bond acceptors (Lipinski definition) is 5. The Morgan fingerprint density at radius 3 is 2.81 bits per heavy atom. The van der Waals surface area contributed by atoms with Crippen LogP contribution in [0.25, 0.3) is 11.0 Å². The highest BCUT2D eigenvalue weighted by Crippen LogP contribution is 2.29. The van der Waals surface area contributed by atoms with Crippen LogP contribution in [-0.2, 0) is 15.3 Å². The maximum Gasteiger partial charge on any atom is 0.375 e. The first-order valence-electron chi connectivity index (χ1n) is 9.06. The van der Waals surface area contributed by atoms with Crippen molar-refractivity contribution in [1.29, 1.82) is 0 Å². The van der Waals surface area contributed by atoms with Gasteiger partial charge in [0.2, 0.25) is 5.76 Å². The van der Waals surface area contributed by atoms with E-state index >= 15 is 0 Å². The average molecular weight is 375 g/mol. The number of para-hydroxylation sites is 1. The highest BCUT2D eigenvalue weighted by molar-refractivity contribution is 7.97. The summed E-state index contributed by atoms with van der Waals surface area (Å²) < 4.78 is 10.9. The molecule has 5 nitrogen and oxygen atoms in total. The predicted octanol–water partition coefficient (Wildman–Crippen LogP) is 4.15. The second kappa shape index (κ2) is 8.62. The molecule has 1 aliphatic rings. The number of fused-ring (bicyclic) bond motifs is 1. The van der Waals surface area contributed by atoms with Gasteiger partial charge in [0.1, 0.15) is 5.58 Å². The van der Waals surface area contributed by atoms with Crippen LogP contribution in [0.15, 0.2) is 28.7 Å². The standard InChI is InChI=1S/C20H25NO4S/c1-13-7-3-5-9-16(13)21-18(22)11-24-20(23)19-15(12-26-2)14-8-4-6-10-17(14)25-19/h4,6,8,10,13,16H,3,5,7,9,11-12H2,1-2H3,(H,21,22)/t13-,16+/m0/s1. The lowest BCUT2D eigenvalue weighted by Crippen LogP contribution is -2.42. The molecule has 0 unspecified atom stereocenters. The fourth-order valence-corrected chi connectivity index (χ4v) is 4.10. The molecular weight excluding hydrogens is 350 g/mol. The molecule has 140 valence electrons. The Morgan fingerprint density at radius 2 is 2.04 bits per heavy atom. The minimum Gasteiger partial charge on any atom is -0.450 e. The number of amides is 1. The van der Waals surface area contributed by atoms with Gasteiger partial charge in [0.25, 0.3) is 5.91 Å². The summed E-state index contributed by atoms with van der Waals surface area (Å²) in [6.07, 6.45) is 6.43. The van der Waals surface area contributed by atoms with Gasteiger partial charge in [-0.2, -0.15) is 11.8 Å². The third kappa shape index (κ3) is 4.23. The molecule has 3 rings (SSSR count). The summed E-state index contributed by atoms with van der Waals surface area (Å²) in [5, 5.41) is 3.90. The van der Waals surface area contributed by atoms with Crippen molar-refractivity contribution < 1.29 is 18.7 Å². The summed E-state index contributed by atoms with van der Waals surface area (Å²) in [6, 6.07) is 7.71. The summed E-state index contributed by atoms with van der Waals surface area (Å²) in [4.78, 5) is 24.6. The van der Waals surface area contributed by atoms with Crippen molar-refractivity contribution in [1.82, 2.24) is 5.32 Å². The van der Waals surface area contributed by atoms with Crippen molar-refractivity contribution in [2.24, 2.45) is 5.92 Å². The van der Waals surface area contributed by atoms with E-state index in [1.807, 2.05) is 30.5 Å². The molecule has 6 heteroatoms. The van der Waals surface area contributed by atoms with Gasteiger partial charge in [0, 0.05) is 22.7 Å². The third-order valence-corrected chi connectivity index (χ3v) is 5.54. The molecule has 1 saturated carbocycles. The Balaban J connectivity index is 1.63. The van der Waals surface area contributed by atoms with Crippen molar-refractivity contribution in [3.63, 3.8) is 0 Å². The van der Waals surface area contributed by atoms with E-state index in [0.717, 1.165) is 30.2 Å². The van der Waals surface area contributed by atoms with E-state index in [2.05, 4.69) is 12.2 Å². The normalized spacial score (nSPS) is 20.1. The van der Waals surface area contributed by atoms with Gasteiger partial charge in [0.05, 0.1) is 0 Å². The van der Waals surface area contributed by atoms with Gasteiger partial charge in [-0.1, -0.05) is 38.0 Å². The predicted molar refractivity (Wildman–Crippen MR) is 103 cm³/mol. The van der Waals surface area contributed by atoms with Crippen LogP contribution in [0.2, 0.25) is 0 Å². The van der Waals surface area contributed by atoms with Crippen LogP contribution in [0.5, 0.6) is 0 Å². The molecule has 1 N–H and O–H groups in total. The number of hydrogen-bond donors (Lipinski definition) is 1. The molecule has 2 aromatic rings. The first kappa shape index (κ1) is 18.8. The maximum atomic E-state index is 12.5. The Morgan fingerprint density at radius 1 is 1.27 bits per heavy atom. The van der Waals surface area contributed by atoms with Crippen molar-refractivity contribution in [2.75, 3.05) is 12.9 Å². The van der Waals surface area contributed by atoms with E-state index in [1.165, 1.54) is 6.42 Å². The van der Waals surface area contributed by atoms with Crippen molar-refractivity contribution in [3.05, 3.63) is 35.6 Å². The van der Waals surface area contributed by atoms with E-state index in [9.17, 15) is 9.59 Å². The van der Waals surface area contributed by atoms with Gasteiger partial charge in [-0.25, -0.2) is 4.79 Å². The molecule has 1 aromatic carbocycles. The maximum absolute atomic E-state index is 12.5. The van der Waals surface area contributed by atoms with Gasteiger partial charge in [-0.3, -0.25) is 4.79 Å². The Labute approximate surface area is 157 Å². The molecule has 1 fully saturated rings. The lowest BCUT2D eigenvalue weighted by Gasteiger charge is -2.29. The fourth-order valence-electron chi connectivity index (χ4n) is 3.53. The van der Waals surface area contributed by atoms with Gasteiger partial charge in [0.15, 0.2) is 6.61 Å². The zero-order chi connectivity index (χ0) is 18.5. The molecule has 1 amide bonds. The Bertz CT molecular complexity index is 785. The number of furan rings is 1. The SMILES string of the molecule is CSCc1c(C(=O)OCC(=O)N[C@@H]2CCCC[C@@H]2C)oc2ccccc12. The minimum absolute atomic E-state index is 0.174. The summed E-state index contributed by atoms with van der Waals surface area (Å²) in [6.45, 7) is 1.87. The molecule has 0 saturated heterocycles. The van der Waals surface area contributed by atoms with E-state index in [1.54, 1.807) is 11.8 Å². The van der Waals surface area contributed by atoms with E-state index in [-0.39, 0.29) is 24.3 Å². The molecule has 1 aliphatic carbocycles. The topological polar surface area (TPSA) is 68.5 Å². The molecule has 0 spiro atoms. The zero-order valence-electron chi connectivity index (χ0n) is 15.2. The molecule has 0 bridgehead atoms. The number of ether oxygens (including phenoxy) is 1. The van der Waals surface area contributed by atoms with E-state index < -0.39 is 5.97 Å². The molecular formula is C20H25NO4S. The number of rotatable bonds is 6. The highest BCUT2D eigenvalue weighted by atomic mass is 32.2. The second-order valence-corrected chi connectivity index (χ2v) is 7.72. The molecule has 0 aliphatic heterocycles. The van der Waals surface area contributed by atoms with Gasteiger partial charge in [-0.05, 0) is 31.1 Å². The number of carbonyl (C=O) groups excluding carboxylic acids is 2. The monoisotopic (exact) mass is 375 g/mol. The smallest absolute Gasteiger partial charge is 0.375 e. The summed E-state index contributed by atoms with van der Waals surface area (Å²) >= 11 is 1.61. The average Bonchev–Trinajstić information content (AvgIpc) is 3.01. The van der Waals surface area contributed by atoms with E-state index in [0.29, 0.717) is 17.3 Å². The quantitative estimate of drug-likeness (QED) is 0.768. The lowest BCUT2D eigenvalue weighted by atomic mass is 9.86. The molecule has 26 heavy (non-hydrogen) atoms. The highest BCUT2D eigenvalue weighted by Gasteiger charge is 2.25. The number of esters is 1. The van der Waals surface area contributed by atoms with Crippen LogP contribution in [-0.4, -0.2) is 30.8 Å². The first-order chi connectivity index (χ1) is 12.6. The molecule has 2 atom stereocenters. The number of carbonyl (C=O) groups is 2. The van der Waals surface area contributed by atoms with Crippen molar-refractivity contribution >= 4 is 34.6 Å². The number of benzene rings is 1. The third-order valence-electron chi connectivity index (χ3n) is 4.96. The van der Waals surface area contributed by atoms with Crippen LogP contribution < -0.4 is 5.32 Å². The molecule has 1 aromatic heterocycles. The van der Waals surface area contributed by atoms with Crippen LogP contribution in [0.4, 0.5) is 0 Å². The first-order valence-corrected chi connectivity index (χ1v) is 10.5. The largest absolute Gasteiger partial charge is 0.450 e. The van der Waals surface area contributed by atoms with Gasteiger partial charge >= 0.3 is 5.97 Å². The number of nitrogens with one attached hydrogen (secondary N) is 1. The number of thioether (sulfide) groups is 1. The Kier molecular flexibility index (Phi) is 6.25. The van der Waals surface area contributed by atoms with E-state index in [4.69, 9.17) is 9.15 Å². The van der Waals surface area contributed by atoms with Crippen molar-refractivity contribution in [2.45, 2.75) is 44.4 Å². The van der Waals surface area contributed by atoms with Crippen LogP contribution in [0.3, 0.4) is 0 Å². The molecule has 1 heterocycles. The van der Waals surface area contributed by atoms with Gasteiger partial charge < -0.3 is 14.5 Å².